The van der Waals surface area contributed by atoms with E-state index in [1.807, 2.05) is 42.6 Å². The molecule has 0 aliphatic carbocycles. The van der Waals surface area contributed by atoms with Crippen molar-refractivity contribution >= 4 is 28.5 Å². The van der Waals surface area contributed by atoms with Gasteiger partial charge in [-0.15, -0.1) is 0 Å². The van der Waals surface area contributed by atoms with Crippen LogP contribution in [0.5, 0.6) is 0 Å². The predicted octanol–water partition coefficient (Wildman–Crippen LogP) is 3.22. The topological polar surface area (TPSA) is 90.0 Å². The Morgan fingerprint density at radius 2 is 1.97 bits per heavy atom. The molecule has 0 radical (unpaired) electrons. The number of nitrogens with zero attached hydrogens (tertiary/aromatic N) is 4. The van der Waals surface area contributed by atoms with Gasteiger partial charge in [0, 0.05) is 18.3 Å². The molecule has 2 aromatic carbocycles. The van der Waals surface area contributed by atoms with E-state index in [2.05, 4.69) is 10.1 Å². The third-order valence-electron chi connectivity index (χ3n) is 5.06. The summed E-state index contributed by atoms with van der Waals surface area (Å²) in [5, 5.41) is 14.0. The minimum absolute atomic E-state index is 0.113. The minimum Gasteiger partial charge on any atom is -0.478 e. The summed E-state index contributed by atoms with van der Waals surface area (Å²) in [6.07, 6.45) is 6.35. The number of para-hydroxylation sites is 1. The first-order chi connectivity index (χ1) is 14.1. The number of carboxylic acids is 1. The highest BCUT2D eigenvalue weighted by Gasteiger charge is 2.21. The molecular weight excluding hydrogens is 368 g/mol. The molecule has 142 valence electrons. The van der Waals surface area contributed by atoms with E-state index >= 15 is 0 Å². The minimum atomic E-state index is -1.04. The normalized spacial score (nSPS) is 14.4. The van der Waals surface area contributed by atoms with Crippen molar-refractivity contribution in [3.63, 3.8) is 0 Å². The zero-order chi connectivity index (χ0) is 20.0. The average Bonchev–Trinajstić information content (AvgIpc) is 3.36. The van der Waals surface area contributed by atoms with Gasteiger partial charge in [-0.1, -0.05) is 18.2 Å². The van der Waals surface area contributed by atoms with Crippen LogP contribution in [-0.4, -0.2) is 30.4 Å². The van der Waals surface area contributed by atoms with E-state index in [1.54, 1.807) is 15.4 Å². The SMILES string of the molecule is O=C(O)c1ccc2c(=O)n3c(nc2c1)C(=Cc1cnn(-c2ccccc2)c1)CC3. The zero-order valence-electron chi connectivity index (χ0n) is 15.3. The Morgan fingerprint density at radius 1 is 1.14 bits per heavy atom. The molecule has 29 heavy (non-hydrogen) atoms. The maximum absolute atomic E-state index is 12.8. The van der Waals surface area contributed by atoms with Gasteiger partial charge in [-0.2, -0.15) is 5.10 Å². The monoisotopic (exact) mass is 384 g/mol. The lowest BCUT2D eigenvalue weighted by molar-refractivity contribution is 0.0697. The fourth-order valence-corrected chi connectivity index (χ4v) is 3.62. The van der Waals surface area contributed by atoms with Crippen LogP contribution in [0.15, 0.2) is 65.7 Å². The molecule has 1 N–H and O–H groups in total. The molecule has 4 aromatic rings. The molecule has 0 unspecified atom stereocenters. The van der Waals surface area contributed by atoms with Crippen molar-refractivity contribution in [2.75, 3.05) is 0 Å². The summed E-state index contributed by atoms with van der Waals surface area (Å²) in [5.74, 6) is -0.462. The van der Waals surface area contributed by atoms with Crippen LogP contribution in [0.1, 0.15) is 28.2 Å². The maximum Gasteiger partial charge on any atom is 0.335 e. The molecule has 0 spiro atoms. The first-order valence-corrected chi connectivity index (χ1v) is 9.19. The van der Waals surface area contributed by atoms with Crippen LogP contribution in [0.3, 0.4) is 0 Å². The summed E-state index contributed by atoms with van der Waals surface area (Å²) in [6.45, 7) is 0.552. The van der Waals surface area contributed by atoms with Gasteiger partial charge in [0.2, 0.25) is 0 Å². The van der Waals surface area contributed by atoms with Gasteiger partial charge in [-0.3, -0.25) is 9.36 Å². The highest BCUT2D eigenvalue weighted by atomic mass is 16.4. The van der Waals surface area contributed by atoms with Gasteiger partial charge in [-0.05, 0) is 48.4 Å². The first-order valence-electron chi connectivity index (χ1n) is 9.19. The van der Waals surface area contributed by atoms with Gasteiger partial charge >= 0.3 is 5.97 Å². The highest BCUT2D eigenvalue weighted by molar-refractivity contribution is 5.93. The molecule has 0 saturated carbocycles. The molecule has 0 amide bonds. The van der Waals surface area contributed by atoms with Crippen LogP contribution >= 0.6 is 0 Å². The van der Waals surface area contributed by atoms with E-state index in [4.69, 9.17) is 0 Å². The van der Waals surface area contributed by atoms with Crippen molar-refractivity contribution in [2.24, 2.45) is 0 Å². The number of fused-ring (bicyclic) bond motifs is 2. The number of carboxylic acid groups (broad SMARTS) is 1. The number of hydrogen-bond acceptors (Lipinski definition) is 4. The number of allylic oxidation sites excluding steroid dienone is 1. The molecular formula is C22H16N4O3. The molecule has 0 saturated heterocycles. The Bertz CT molecular complexity index is 1350. The lowest BCUT2D eigenvalue weighted by atomic mass is 10.1. The molecule has 3 heterocycles. The smallest absolute Gasteiger partial charge is 0.335 e. The summed E-state index contributed by atoms with van der Waals surface area (Å²) < 4.78 is 3.44. The number of hydrogen-bond donors (Lipinski definition) is 1. The fourth-order valence-electron chi connectivity index (χ4n) is 3.62. The van der Waals surface area contributed by atoms with Crippen LogP contribution in [0.4, 0.5) is 0 Å². The third kappa shape index (κ3) is 2.93. The van der Waals surface area contributed by atoms with Crippen LogP contribution in [-0.2, 0) is 6.54 Å². The molecule has 0 fully saturated rings. The Balaban J connectivity index is 1.58. The maximum atomic E-state index is 12.8. The Hall–Kier alpha value is -4.00. The van der Waals surface area contributed by atoms with E-state index < -0.39 is 5.97 Å². The summed E-state index contributed by atoms with van der Waals surface area (Å²) in [4.78, 5) is 28.7. The molecule has 1 aliphatic heterocycles. The van der Waals surface area contributed by atoms with E-state index in [9.17, 15) is 14.7 Å². The molecule has 5 rings (SSSR count). The third-order valence-corrected chi connectivity index (χ3v) is 5.06. The van der Waals surface area contributed by atoms with E-state index in [0.717, 1.165) is 16.8 Å². The number of carbonyl (C=O) groups is 1. The van der Waals surface area contributed by atoms with Crippen molar-refractivity contribution in [3.8, 4) is 5.69 Å². The molecule has 0 bridgehead atoms. The Morgan fingerprint density at radius 3 is 2.76 bits per heavy atom. The van der Waals surface area contributed by atoms with Gasteiger partial charge in [0.1, 0.15) is 5.82 Å². The average molecular weight is 384 g/mol. The number of benzene rings is 2. The van der Waals surface area contributed by atoms with E-state index in [1.165, 1.54) is 18.2 Å². The lowest BCUT2D eigenvalue weighted by Crippen LogP contribution is -2.20. The largest absolute Gasteiger partial charge is 0.478 e. The second-order valence-electron chi connectivity index (χ2n) is 6.90. The van der Waals surface area contributed by atoms with Gasteiger partial charge < -0.3 is 5.11 Å². The van der Waals surface area contributed by atoms with Crippen LogP contribution in [0.25, 0.3) is 28.2 Å². The zero-order valence-corrected chi connectivity index (χ0v) is 15.3. The molecule has 7 heteroatoms. The van der Waals surface area contributed by atoms with Crippen LogP contribution in [0.2, 0.25) is 0 Å². The fraction of sp³-hybridized carbons (Fsp3) is 0.0909. The summed E-state index contributed by atoms with van der Waals surface area (Å²) in [5.41, 5.74) is 3.16. The summed E-state index contributed by atoms with van der Waals surface area (Å²) in [7, 11) is 0. The van der Waals surface area contributed by atoms with E-state index in [0.29, 0.717) is 29.7 Å². The first kappa shape index (κ1) is 17.1. The quantitative estimate of drug-likeness (QED) is 0.586. The predicted molar refractivity (Wildman–Crippen MR) is 109 cm³/mol. The number of aromatic carboxylic acids is 1. The van der Waals surface area contributed by atoms with Gasteiger partial charge in [0.05, 0.1) is 28.4 Å². The lowest BCUT2D eigenvalue weighted by Gasteiger charge is -2.06. The highest BCUT2D eigenvalue weighted by Crippen LogP contribution is 2.27. The standard InChI is InChI=1S/C22H16N4O3/c27-21-18-7-6-16(22(28)29)11-19(18)24-20-15(8-9-25(20)21)10-14-12-23-26(13-14)17-4-2-1-3-5-17/h1-7,10-13H,8-9H2,(H,28,29). The van der Waals surface area contributed by atoms with E-state index in [-0.39, 0.29) is 11.1 Å². The molecule has 1 aliphatic rings. The van der Waals surface area contributed by atoms with Crippen molar-refractivity contribution in [3.05, 3.63) is 88.2 Å². The second kappa shape index (κ2) is 6.56. The second-order valence-corrected chi connectivity index (χ2v) is 6.90. The van der Waals surface area contributed by atoms with Crippen molar-refractivity contribution in [1.29, 1.82) is 0 Å². The van der Waals surface area contributed by atoms with Crippen molar-refractivity contribution < 1.29 is 9.90 Å². The molecule has 7 nitrogen and oxygen atoms in total. The van der Waals surface area contributed by atoms with Gasteiger partial charge in [0.15, 0.2) is 0 Å². The number of aromatic nitrogens is 4. The molecule has 0 atom stereocenters. The van der Waals surface area contributed by atoms with Gasteiger partial charge in [-0.25, -0.2) is 14.5 Å². The van der Waals surface area contributed by atoms with Gasteiger partial charge in [0.25, 0.3) is 5.56 Å². The number of rotatable bonds is 3. The van der Waals surface area contributed by atoms with Crippen LogP contribution in [0, 0.1) is 0 Å². The summed E-state index contributed by atoms with van der Waals surface area (Å²) >= 11 is 0. The van der Waals surface area contributed by atoms with Crippen molar-refractivity contribution in [1.82, 2.24) is 19.3 Å². The molecule has 2 aromatic heterocycles. The Labute approximate surface area is 165 Å². The van der Waals surface area contributed by atoms with Crippen molar-refractivity contribution in [2.45, 2.75) is 13.0 Å². The Kier molecular flexibility index (Phi) is 3.87. The summed E-state index contributed by atoms with van der Waals surface area (Å²) in [6, 6.07) is 14.2. The van der Waals surface area contributed by atoms with Crippen LogP contribution < -0.4 is 5.56 Å².